The number of nitrogens with two attached hydrogens (primary N) is 1. The van der Waals surface area contributed by atoms with Crippen molar-refractivity contribution in [2.24, 2.45) is 0 Å². The van der Waals surface area contributed by atoms with Crippen LogP contribution in [0.4, 0.5) is 5.82 Å². The topological polar surface area (TPSA) is 133 Å². The number of ketones is 1. The number of nitrogens with zero attached hydrogens (tertiary/aromatic N) is 2. The number of anilines is 1. The standard InChI is InChI=1S/C17H24N4O6/c1-25-8-5-20(10-12-4-3-7-27-12)11-13(22)14-15(18)21(6-9-26-2)17(24)19-16(14)23/h3-4,7H,5-6,8-11,18H2,1-2H3,(H,19,23,24). The predicted octanol–water partition coefficient (Wildman–Crippen LogP) is -0.310. The van der Waals surface area contributed by atoms with E-state index in [0.717, 1.165) is 4.57 Å². The van der Waals surface area contributed by atoms with Crippen LogP contribution in [0.2, 0.25) is 0 Å². The number of H-pyrrole nitrogens is 1. The molecule has 3 N–H and O–H groups in total. The Morgan fingerprint density at radius 1 is 1.30 bits per heavy atom. The minimum atomic E-state index is -0.805. The van der Waals surface area contributed by atoms with Gasteiger partial charge in [0.15, 0.2) is 5.78 Å². The number of nitrogen functional groups attached to an aromatic ring is 1. The molecule has 0 aromatic carbocycles. The Kier molecular flexibility index (Phi) is 7.53. The van der Waals surface area contributed by atoms with Crippen LogP contribution < -0.4 is 17.0 Å². The van der Waals surface area contributed by atoms with Crippen molar-refractivity contribution in [2.45, 2.75) is 13.1 Å². The smallest absolute Gasteiger partial charge is 0.330 e. The molecule has 2 aromatic heterocycles. The van der Waals surface area contributed by atoms with Crippen LogP contribution in [0.3, 0.4) is 0 Å². The molecule has 2 heterocycles. The fourth-order valence-electron chi connectivity index (χ4n) is 2.60. The number of ether oxygens (including phenoxy) is 2. The minimum Gasteiger partial charge on any atom is -0.468 e. The van der Waals surface area contributed by atoms with Crippen molar-refractivity contribution in [3.8, 4) is 0 Å². The van der Waals surface area contributed by atoms with Gasteiger partial charge in [0.25, 0.3) is 5.56 Å². The van der Waals surface area contributed by atoms with Gasteiger partial charge in [-0.2, -0.15) is 0 Å². The first-order chi connectivity index (χ1) is 13.0. The van der Waals surface area contributed by atoms with Crippen LogP contribution in [0.5, 0.6) is 0 Å². The van der Waals surface area contributed by atoms with E-state index in [4.69, 9.17) is 19.6 Å². The number of aromatic amines is 1. The fourth-order valence-corrected chi connectivity index (χ4v) is 2.60. The summed E-state index contributed by atoms with van der Waals surface area (Å²) in [5.41, 5.74) is 4.21. The first-order valence-electron chi connectivity index (χ1n) is 8.36. The monoisotopic (exact) mass is 380 g/mol. The van der Waals surface area contributed by atoms with E-state index in [0.29, 0.717) is 25.5 Å². The van der Waals surface area contributed by atoms with Gasteiger partial charge in [-0.15, -0.1) is 0 Å². The Labute approximate surface area is 155 Å². The second kappa shape index (κ2) is 9.86. The molecule has 0 unspecified atom stereocenters. The van der Waals surface area contributed by atoms with Gasteiger partial charge in [0, 0.05) is 20.8 Å². The lowest BCUT2D eigenvalue weighted by Gasteiger charge is -2.20. The third-order valence-electron chi connectivity index (χ3n) is 3.98. The van der Waals surface area contributed by atoms with Gasteiger partial charge in [0.05, 0.1) is 39.1 Å². The molecule has 10 nitrogen and oxygen atoms in total. The molecule has 10 heteroatoms. The highest BCUT2D eigenvalue weighted by Crippen LogP contribution is 2.09. The van der Waals surface area contributed by atoms with E-state index >= 15 is 0 Å². The summed E-state index contributed by atoms with van der Waals surface area (Å²) in [6, 6.07) is 3.54. The Morgan fingerprint density at radius 3 is 2.67 bits per heavy atom. The lowest BCUT2D eigenvalue weighted by atomic mass is 10.1. The zero-order chi connectivity index (χ0) is 19.8. The molecule has 148 valence electrons. The molecule has 2 rings (SSSR count). The molecule has 0 saturated carbocycles. The average Bonchev–Trinajstić information content (AvgIpc) is 3.12. The van der Waals surface area contributed by atoms with Crippen LogP contribution in [0.15, 0.2) is 32.4 Å². The van der Waals surface area contributed by atoms with Gasteiger partial charge in [-0.05, 0) is 12.1 Å². The molecule has 0 aliphatic carbocycles. The molecule has 0 atom stereocenters. The second-order valence-electron chi connectivity index (χ2n) is 5.87. The molecule has 27 heavy (non-hydrogen) atoms. The summed E-state index contributed by atoms with van der Waals surface area (Å²) in [6.45, 7) is 1.46. The highest BCUT2D eigenvalue weighted by molar-refractivity contribution is 6.01. The van der Waals surface area contributed by atoms with Gasteiger partial charge < -0.3 is 19.6 Å². The largest absolute Gasteiger partial charge is 0.468 e. The second-order valence-corrected chi connectivity index (χ2v) is 5.87. The third kappa shape index (κ3) is 5.39. The van der Waals surface area contributed by atoms with E-state index in [9.17, 15) is 14.4 Å². The molecule has 0 saturated heterocycles. The van der Waals surface area contributed by atoms with Crippen molar-refractivity contribution in [3.05, 3.63) is 50.6 Å². The zero-order valence-corrected chi connectivity index (χ0v) is 15.4. The van der Waals surface area contributed by atoms with E-state index in [-0.39, 0.29) is 31.1 Å². The normalized spacial score (nSPS) is 11.2. The molecule has 0 spiro atoms. The molecule has 0 bridgehead atoms. The molecular weight excluding hydrogens is 356 g/mol. The summed E-state index contributed by atoms with van der Waals surface area (Å²) in [5, 5.41) is 0. The molecule has 0 fully saturated rings. The number of aromatic nitrogens is 2. The Bertz CT molecular complexity index is 855. The number of methoxy groups -OCH3 is 2. The first kappa shape index (κ1) is 20.6. The van der Waals surface area contributed by atoms with Gasteiger partial charge in [0.1, 0.15) is 17.1 Å². The van der Waals surface area contributed by atoms with Crippen LogP contribution in [-0.2, 0) is 22.6 Å². The number of rotatable bonds is 11. The van der Waals surface area contributed by atoms with Gasteiger partial charge in [0.2, 0.25) is 0 Å². The van der Waals surface area contributed by atoms with Gasteiger partial charge in [-0.25, -0.2) is 4.79 Å². The maximum Gasteiger partial charge on any atom is 0.330 e. The predicted molar refractivity (Wildman–Crippen MR) is 97.8 cm³/mol. The summed E-state index contributed by atoms with van der Waals surface area (Å²) >= 11 is 0. The summed E-state index contributed by atoms with van der Waals surface area (Å²) in [4.78, 5) is 40.8. The van der Waals surface area contributed by atoms with E-state index < -0.39 is 17.0 Å². The maximum atomic E-state index is 12.8. The van der Waals surface area contributed by atoms with Crippen LogP contribution in [0.25, 0.3) is 0 Å². The Hall–Kier alpha value is -2.69. The average molecular weight is 380 g/mol. The van der Waals surface area contributed by atoms with Gasteiger partial charge >= 0.3 is 5.69 Å². The molecule has 2 aromatic rings. The van der Waals surface area contributed by atoms with Crippen molar-refractivity contribution in [3.63, 3.8) is 0 Å². The summed E-state index contributed by atoms with van der Waals surface area (Å²) in [6.07, 6.45) is 1.54. The molecule has 0 aliphatic rings. The molecular formula is C17H24N4O6. The van der Waals surface area contributed by atoms with Crippen molar-refractivity contribution in [1.29, 1.82) is 0 Å². The first-order valence-corrected chi connectivity index (χ1v) is 8.36. The molecule has 0 radical (unpaired) electrons. The van der Waals surface area contributed by atoms with Gasteiger partial charge in [-0.1, -0.05) is 0 Å². The van der Waals surface area contributed by atoms with E-state index in [1.165, 1.54) is 7.11 Å². The lowest BCUT2D eigenvalue weighted by molar-refractivity contribution is 0.0876. The minimum absolute atomic E-state index is 0.0835. The van der Waals surface area contributed by atoms with E-state index in [1.807, 2.05) is 0 Å². The number of hydrogen-bond donors (Lipinski definition) is 2. The third-order valence-corrected chi connectivity index (χ3v) is 3.98. The van der Waals surface area contributed by atoms with Crippen molar-refractivity contribution in [1.82, 2.24) is 14.5 Å². The fraction of sp³-hybridized carbons (Fsp3) is 0.471. The molecule has 0 amide bonds. The Balaban J connectivity index is 2.25. The van der Waals surface area contributed by atoms with Crippen LogP contribution in [0, 0.1) is 0 Å². The van der Waals surface area contributed by atoms with Crippen molar-refractivity contribution in [2.75, 3.05) is 46.3 Å². The van der Waals surface area contributed by atoms with Gasteiger partial charge in [-0.3, -0.25) is 24.0 Å². The quantitative estimate of drug-likeness (QED) is 0.507. The van der Waals surface area contributed by atoms with Crippen LogP contribution in [-0.4, -0.2) is 60.8 Å². The van der Waals surface area contributed by atoms with E-state index in [2.05, 4.69) is 4.98 Å². The highest BCUT2D eigenvalue weighted by Gasteiger charge is 2.22. The Morgan fingerprint density at radius 2 is 2.04 bits per heavy atom. The maximum absolute atomic E-state index is 12.8. The summed E-state index contributed by atoms with van der Waals surface area (Å²) < 4.78 is 16.4. The van der Waals surface area contributed by atoms with Crippen molar-refractivity contribution >= 4 is 11.6 Å². The van der Waals surface area contributed by atoms with Crippen LogP contribution >= 0.6 is 0 Å². The number of furan rings is 1. The summed E-state index contributed by atoms with van der Waals surface area (Å²) in [5.74, 6) is 0.00363. The SMILES string of the molecule is COCCN(CC(=O)c1c(N)n(CCOC)c(=O)[nH]c1=O)Cc1ccco1. The number of carbonyl (C=O) groups excluding carboxylic acids is 1. The number of Topliss-reactive ketones (excluding diaryl/α,β-unsaturated/α-hetero) is 1. The molecule has 0 aliphatic heterocycles. The summed E-state index contributed by atoms with van der Waals surface area (Å²) in [7, 11) is 3.03. The zero-order valence-electron chi connectivity index (χ0n) is 15.4. The van der Waals surface area contributed by atoms with E-state index in [1.54, 1.807) is 30.4 Å². The number of nitrogens with one attached hydrogen (secondary N) is 1. The van der Waals surface area contributed by atoms with Crippen LogP contribution in [0.1, 0.15) is 16.1 Å². The number of carbonyl (C=O) groups is 1. The number of hydrogen-bond acceptors (Lipinski definition) is 8. The highest BCUT2D eigenvalue weighted by atomic mass is 16.5. The lowest BCUT2D eigenvalue weighted by Crippen LogP contribution is -2.40. The van der Waals surface area contributed by atoms with Crippen molar-refractivity contribution < 1.29 is 18.7 Å².